The summed E-state index contributed by atoms with van der Waals surface area (Å²) in [6.45, 7) is 0.434. The van der Waals surface area contributed by atoms with Crippen LogP contribution in [0, 0.1) is 0 Å². The molecule has 2 nitrogen and oxygen atoms in total. The van der Waals surface area contributed by atoms with Crippen molar-refractivity contribution in [1.82, 2.24) is 0 Å². The van der Waals surface area contributed by atoms with Gasteiger partial charge in [-0.3, -0.25) is 0 Å². The molecule has 0 saturated heterocycles. The monoisotopic (exact) mass is 172 g/mol. The molecular weight excluding hydrogens is 160 g/mol. The Morgan fingerprint density at radius 2 is 2.00 bits per heavy atom. The van der Waals surface area contributed by atoms with Crippen molar-refractivity contribution in [2.24, 2.45) is 5.73 Å². The van der Waals surface area contributed by atoms with Crippen LogP contribution < -0.4 is 11.5 Å². The van der Waals surface area contributed by atoms with Crippen LogP contribution in [-0.4, -0.2) is 0 Å². The summed E-state index contributed by atoms with van der Waals surface area (Å²) < 4.78 is 0. The summed E-state index contributed by atoms with van der Waals surface area (Å²) in [6, 6.07) is 5.45. The molecule has 0 aliphatic rings. The van der Waals surface area contributed by atoms with Crippen LogP contribution in [0.3, 0.4) is 0 Å². The smallest absolute Gasteiger partial charge is 0.0680 e. The lowest BCUT2D eigenvalue weighted by Gasteiger charge is -2.01. The van der Waals surface area contributed by atoms with E-state index in [2.05, 4.69) is 0 Å². The number of nitrogens with two attached hydrogens (primary N) is 2. The molecule has 0 unspecified atom stereocenters. The van der Waals surface area contributed by atoms with Crippen molar-refractivity contribution in [2.45, 2.75) is 14.0 Å². The molecule has 0 spiro atoms. The first-order valence-corrected chi connectivity index (χ1v) is 3.36. The first kappa shape index (κ1) is 10.3. The van der Waals surface area contributed by atoms with Gasteiger partial charge in [0.2, 0.25) is 0 Å². The Morgan fingerprint density at radius 1 is 1.36 bits per heavy atom. The van der Waals surface area contributed by atoms with Gasteiger partial charge in [-0.25, -0.2) is 0 Å². The van der Waals surface area contributed by atoms with Crippen molar-refractivity contribution < 1.29 is 0 Å². The second kappa shape index (κ2) is 4.21. The number of nitrogen functional groups attached to an aromatic ring is 1. The predicted molar refractivity (Wildman–Crippen MR) is 50.5 cm³/mol. The van der Waals surface area contributed by atoms with Crippen LogP contribution in [-0.2, 0) is 6.54 Å². The van der Waals surface area contributed by atoms with Gasteiger partial charge in [-0.05, 0) is 11.6 Å². The Balaban J connectivity index is 0.000001000. The summed E-state index contributed by atoms with van der Waals surface area (Å²) in [6.07, 6.45) is 0. The molecule has 4 N–H and O–H groups in total. The van der Waals surface area contributed by atoms with E-state index in [9.17, 15) is 0 Å². The standard InChI is InChI=1S/C7H9ClN2.CH4/c8-7-5(4-9)2-1-3-6(7)10;/h1-3H,4,9-10H2;1H4. The van der Waals surface area contributed by atoms with Gasteiger partial charge in [0.05, 0.1) is 10.7 Å². The van der Waals surface area contributed by atoms with Crippen LogP contribution in [0.1, 0.15) is 13.0 Å². The predicted octanol–water partition coefficient (Wildman–Crippen LogP) is 2.02. The maximum Gasteiger partial charge on any atom is 0.0680 e. The summed E-state index contributed by atoms with van der Waals surface area (Å²) in [7, 11) is 0. The second-order valence-corrected chi connectivity index (χ2v) is 2.40. The zero-order chi connectivity index (χ0) is 7.56. The van der Waals surface area contributed by atoms with Crippen molar-refractivity contribution in [2.75, 3.05) is 5.73 Å². The first-order chi connectivity index (χ1) is 4.75. The fraction of sp³-hybridized carbons (Fsp3) is 0.250. The van der Waals surface area contributed by atoms with Gasteiger partial charge >= 0.3 is 0 Å². The van der Waals surface area contributed by atoms with Crippen LogP contribution in [0.15, 0.2) is 18.2 Å². The van der Waals surface area contributed by atoms with Gasteiger partial charge in [0.25, 0.3) is 0 Å². The van der Waals surface area contributed by atoms with Crippen molar-refractivity contribution >= 4 is 17.3 Å². The summed E-state index contributed by atoms with van der Waals surface area (Å²) in [4.78, 5) is 0. The molecule has 62 valence electrons. The van der Waals surface area contributed by atoms with E-state index in [4.69, 9.17) is 23.1 Å². The van der Waals surface area contributed by atoms with Gasteiger partial charge in [-0.2, -0.15) is 0 Å². The van der Waals surface area contributed by atoms with Gasteiger partial charge in [0.15, 0.2) is 0 Å². The molecule has 0 fully saturated rings. The molecule has 0 aliphatic heterocycles. The Kier molecular flexibility index (Phi) is 3.93. The molecule has 0 aliphatic carbocycles. The highest BCUT2D eigenvalue weighted by molar-refractivity contribution is 6.33. The van der Waals surface area contributed by atoms with E-state index in [1.165, 1.54) is 0 Å². The third-order valence-corrected chi connectivity index (χ3v) is 1.79. The van der Waals surface area contributed by atoms with E-state index < -0.39 is 0 Å². The molecule has 1 rings (SSSR count). The van der Waals surface area contributed by atoms with Gasteiger partial charge in [-0.15, -0.1) is 0 Å². The Hall–Kier alpha value is -0.730. The highest BCUT2D eigenvalue weighted by Crippen LogP contribution is 2.21. The van der Waals surface area contributed by atoms with E-state index in [0.717, 1.165) is 5.56 Å². The summed E-state index contributed by atoms with van der Waals surface area (Å²) in [5.74, 6) is 0. The lowest BCUT2D eigenvalue weighted by atomic mass is 10.2. The fourth-order valence-electron chi connectivity index (χ4n) is 0.757. The van der Waals surface area contributed by atoms with Crippen LogP contribution in [0.25, 0.3) is 0 Å². The highest BCUT2D eigenvalue weighted by Gasteiger charge is 1.99. The number of rotatable bonds is 1. The fourth-order valence-corrected chi connectivity index (χ4v) is 0.960. The molecular formula is C8H13ClN2. The summed E-state index contributed by atoms with van der Waals surface area (Å²) in [5.41, 5.74) is 12.4. The zero-order valence-electron chi connectivity index (χ0n) is 5.47. The third-order valence-electron chi connectivity index (χ3n) is 1.33. The molecule has 0 bridgehead atoms. The lowest BCUT2D eigenvalue weighted by Crippen LogP contribution is -1.98. The van der Waals surface area contributed by atoms with Crippen LogP contribution in [0.4, 0.5) is 5.69 Å². The largest absolute Gasteiger partial charge is 0.398 e. The number of hydrogen-bond donors (Lipinski definition) is 2. The van der Waals surface area contributed by atoms with Crippen LogP contribution in [0.5, 0.6) is 0 Å². The minimum atomic E-state index is 0. The normalized spacial score (nSPS) is 8.91. The van der Waals surface area contributed by atoms with Gasteiger partial charge in [0.1, 0.15) is 0 Å². The molecule has 0 radical (unpaired) electrons. The van der Waals surface area contributed by atoms with E-state index >= 15 is 0 Å². The molecule has 1 aromatic rings. The molecule has 0 atom stereocenters. The number of hydrogen-bond acceptors (Lipinski definition) is 2. The van der Waals surface area contributed by atoms with Gasteiger partial charge < -0.3 is 11.5 Å². The van der Waals surface area contributed by atoms with Crippen molar-refractivity contribution in [3.05, 3.63) is 28.8 Å². The summed E-state index contributed by atoms with van der Waals surface area (Å²) >= 11 is 5.79. The molecule has 1 aromatic carbocycles. The molecule has 0 amide bonds. The first-order valence-electron chi connectivity index (χ1n) is 2.98. The quantitative estimate of drug-likeness (QED) is 0.637. The topological polar surface area (TPSA) is 52.0 Å². The Labute approximate surface area is 72.2 Å². The molecule has 0 aromatic heterocycles. The van der Waals surface area contributed by atoms with E-state index in [1.54, 1.807) is 6.07 Å². The van der Waals surface area contributed by atoms with E-state index in [1.807, 2.05) is 12.1 Å². The second-order valence-electron chi connectivity index (χ2n) is 2.02. The van der Waals surface area contributed by atoms with E-state index in [0.29, 0.717) is 17.3 Å². The minimum Gasteiger partial charge on any atom is -0.398 e. The van der Waals surface area contributed by atoms with Crippen molar-refractivity contribution in [3.63, 3.8) is 0 Å². The zero-order valence-corrected chi connectivity index (χ0v) is 6.23. The third kappa shape index (κ3) is 2.10. The number of anilines is 1. The molecule has 0 heterocycles. The van der Waals surface area contributed by atoms with Crippen molar-refractivity contribution in [3.8, 4) is 0 Å². The average molecular weight is 173 g/mol. The van der Waals surface area contributed by atoms with Gasteiger partial charge in [-0.1, -0.05) is 31.2 Å². The number of halogens is 1. The Morgan fingerprint density at radius 3 is 2.45 bits per heavy atom. The van der Waals surface area contributed by atoms with Crippen LogP contribution >= 0.6 is 11.6 Å². The van der Waals surface area contributed by atoms with E-state index in [-0.39, 0.29) is 7.43 Å². The average Bonchev–Trinajstić information content (AvgIpc) is 1.95. The van der Waals surface area contributed by atoms with Crippen molar-refractivity contribution in [1.29, 1.82) is 0 Å². The highest BCUT2D eigenvalue weighted by atomic mass is 35.5. The SMILES string of the molecule is C.NCc1cccc(N)c1Cl. The maximum absolute atomic E-state index is 5.79. The maximum atomic E-state index is 5.79. The van der Waals surface area contributed by atoms with Gasteiger partial charge in [0, 0.05) is 6.54 Å². The Bertz CT molecular complexity index is 236. The minimum absolute atomic E-state index is 0. The molecule has 11 heavy (non-hydrogen) atoms. The van der Waals surface area contributed by atoms with Crippen LogP contribution in [0.2, 0.25) is 5.02 Å². The lowest BCUT2D eigenvalue weighted by molar-refractivity contribution is 1.07. The molecule has 3 heteroatoms. The number of benzene rings is 1. The summed E-state index contributed by atoms with van der Waals surface area (Å²) in [5, 5.41) is 0.574. The molecule has 0 saturated carbocycles.